The maximum atomic E-state index is 12.8. The average molecular weight is 394 g/mol. The third-order valence-corrected chi connectivity index (χ3v) is 4.69. The second-order valence-electron chi connectivity index (χ2n) is 6.88. The average Bonchev–Trinajstić information content (AvgIpc) is 2.66. The van der Waals surface area contributed by atoms with Gasteiger partial charge in [-0.15, -0.1) is 0 Å². The zero-order valence-corrected chi connectivity index (χ0v) is 15.2. The van der Waals surface area contributed by atoms with Crippen LogP contribution in [-0.4, -0.2) is 30.9 Å². The third-order valence-electron chi connectivity index (χ3n) is 4.69. The van der Waals surface area contributed by atoms with E-state index in [1.807, 2.05) is 0 Å². The molecule has 28 heavy (non-hydrogen) atoms. The fourth-order valence-corrected chi connectivity index (χ4v) is 3.17. The van der Waals surface area contributed by atoms with Gasteiger partial charge in [0, 0.05) is 13.2 Å². The lowest BCUT2D eigenvalue weighted by Gasteiger charge is -2.22. The monoisotopic (exact) mass is 394 g/mol. The zero-order valence-electron chi connectivity index (χ0n) is 15.2. The minimum atomic E-state index is -4.40. The van der Waals surface area contributed by atoms with Crippen LogP contribution in [0.2, 0.25) is 0 Å². The number of hydrogen-bond acceptors (Lipinski definition) is 3. The molecule has 0 aliphatic carbocycles. The Morgan fingerprint density at radius 3 is 2.36 bits per heavy atom. The Morgan fingerprint density at radius 1 is 1.07 bits per heavy atom. The quantitative estimate of drug-likeness (QED) is 0.764. The molecule has 0 atom stereocenters. The summed E-state index contributed by atoms with van der Waals surface area (Å²) in [5, 5.41) is 9.10. The third kappa shape index (κ3) is 5.48. The van der Waals surface area contributed by atoms with Crippen LogP contribution in [0.4, 0.5) is 13.2 Å². The van der Waals surface area contributed by atoms with Gasteiger partial charge in [0.25, 0.3) is 0 Å². The molecule has 150 valence electrons. The number of carboxylic acids is 1. The minimum Gasteiger partial charge on any atom is -0.493 e. The van der Waals surface area contributed by atoms with Gasteiger partial charge in [-0.05, 0) is 59.7 Å². The Kier molecular flexibility index (Phi) is 6.24. The van der Waals surface area contributed by atoms with E-state index in [0.29, 0.717) is 48.2 Å². The number of benzene rings is 2. The van der Waals surface area contributed by atoms with Crippen LogP contribution in [0.5, 0.6) is 5.75 Å². The van der Waals surface area contributed by atoms with Crippen molar-refractivity contribution in [2.24, 2.45) is 5.92 Å². The minimum absolute atomic E-state index is 0.192. The highest BCUT2D eigenvalue weighted by atomic mass is 19.4. The number of hydrogen-bond donors (Lipinski definition) is 1. The lowest BCUT2D eigenvalue weighted by Crippen LogP contribution is -2.21. The lowest BCUT2D eigenvalue weighted by atomic mass is 9.99. The molecule has 0 spiro atoms. The van der Waals surface area contributed by atoms with Gasteiger partial charge in [0.2, 0.25) is 0 Å². The second kappa shape index (κ2) is 8.65. The molecule has 1 heterocycles. The van der Waals surface area contributed by atoms with E-state index in [0.717, 1.165) is 25.0 Å². The molecule has 1 fully saturated rings. The van der Waals surface area contributed by atoms with Gasteiger partial charge in [-0.2, -0.15) is 13.2 Å². The van der Waals surface area contributed by atoms with Crippen LogP contribution in [0.3, 0.4) is 0 Å². The van der Waals surface area contributed by atoms with Crippen molar-refractivity contribution < 1.29 is 32.5 Å². The van der Waals surface area contributed by atoms with E-state index < -0.39 is 17.7 Å². The van der Waals surface area contributed by atoms with E-state index in [-0.39, 0.29) is 6.42 Å². The Labute approximate surface area is 160 Å². The summed E-state index contributed by atoms with van der Waals surface area (Å²) in [5.74, 6) is -0.105. The SMILES string of the molecule is O=C(O)Cc1cc(OCC2CCOCC2)cc(-c2ccc(C(F)(F)F)cc2)c1. The molecule has 0 radical (unpaired) electrons. The molecule has 1 aliphatic heterocycles. The topological polar surface area (TPSA) is 55.8 Å². The maximum Gasteiger partial charge on any atom is 0.416 e. The molecular formula is C21H21F3O4. The number of carboxylic acid groups (broad SMARTS) is 1. The molecule has 0 unspecified atom stereocenters. The summed E-state index contributed by atoms with van der Waals surface area (Å²) >= 11 is 0. The molecule has 1 N–H and O–H groups in total. The van der Waals surface area contributed by atoms with Gasteiger partial charge in [-0.25, -0.2) is 0 Å². The molecule has 0 amide bonds. The van der Waals surface area contributed by atoms with Gasteiger partial charge in [-0.1, -0.05) is 18.2 Å². The molecule has 3 rings (SSSR count). The van der Waals surface area contributed by atoms with Crippen LogP contribution in [0.1, 0.15) is 24.0 Å². The van der Waals surface area contributed by atoms with Gasteiger partial charge in [0.1, 0.15) is 5.75 Å². The van der Waals surface area contributed by atoms with Crippen LogP contribution in [0, 0.1) is 5.92 Å². The molecule has 1 aliphatic rings. The van der Waals surface area contributed by atoms with Crippen molar-refractivity contribution in [1.29, 1.82) is 0 Å². The highest BCUT2D eigenvalue weighted by molar-refractivity contribution is 5.73. The van der Waals surface area contributed by atoms with Gasteiger partial charge < -0.3 is 14.6 Å². The highest BCUT2D eigenvalue weighted by Crippen LogP contribution is 2.32. The van der Waals surface area contributed by atoms with E-state index in [1.54, 1.807) is 18.2 Å². The molecule has 2 aromatic carbocycles. The van der Waals surface area contributed by atoms with Crippen molar-refractivity contribution in [1.82, 2.24) is 0 Å². The molecule has 0 saturated carbocycles. The van der Waals surface area contributed by atoms with E-state index in [1.165, 1.54) is 12.1 Å². The second-order valence-corrected chi connectivity index (χ2v) is 6.88. The van der Waals surface area contributed by atoms with Crippen LogP contribution in [-0.2, 0) is 22.1 Å². The van der Waals surface area contributed by atoms with Crippen LogP contribution in [0.25, 0.3) is 11.1 Å². The molecule has 1 saturated heterocycles. The van der Waals surface area contributed by atoms with Crippen molar-refractivity contribution >= 4 is 5.97 Å². The smallest absolute Gasteiger partial charge is 0.416 e. The summed E-state index contributed by atoms with van der Waals surface area (Å²) < 4.78 is 49.5. The van der Waals surface area contributed by atoms with E-state index in [9.17, 15) is 18.0 Å². The van der Waals surface area contributed by atoms with Crippen LogP contribution >= 0.6 is 0 Å². The van der Waals surface area contributed by atoms with Gasteiger partial charge in [0.05, 0.1) is 18.6 Å². The van der Waals surface area contributed by atoms with Crippen molar-refractivity contribution in [3.05, 3.63) is 53.6 Å². The first-order chi connectivity index (χ1) is 13.3. The Morgan fingerprint density at radius 2 is 1.75 bits per heavy atom. The summed E-state index contributed by atoms with van der Waals surface area (Å²) in [6.45, 7) is 1.89. The number of halogens is 3. The summed E-state index contributed by atoms with van der Waals surface area (Å²) in [6, 6.07) is 9.85. The van der Waals surface area contributed by atoms with Crippen molar-refractivity contribution in [3.8, 4) is 16.9 Å². The van der Waals surface area contributed by atoms with Crippen molar-refractivity contribution in [2.75, 3.05) is 19.8 Å². The maximum absolute atomic E-state index is 12.8. The van der Waals surface area contributed by atoms with Gasteiger partial charge in [0.15, 0.2) is 0 Å². The normalized spacial score (nSPS) is 15.4. The number of rotatable bonds is 6. The fraction of sp³-hybridized carbons (Fsp3) is 0.381. The molecule has 0 aromatic heterocycles. The van der Waals surface area contributed by atoms with Crippen LogP contribution in [0.15, 0.2) is 42.5 Å². The molecular weight excluding hydrogens is 373 g/mol. The first-order valence-electron chi connectivity index (χ1n) is 9.05. The first kappa shape index (κ1) is 20.2. The summed E-state index contributed by atoms with van der Waals surface area (Å²) in [5.41, 5.74) is 0.992. The molecule has 0 bridgehead atoms. The van der Waals surface area contributed by atoms with E-state index >= 15 is 0 Å². The Bertz CT molecular complexity index is 809. The number of alkyl halides is 3. The lowest BCUT2D eigenvalue weighted by molar-refractivity contribution is -0.138. The van der Waals surface area contributed by atoms with Crippen molar-refractivity contribution in [2.45, 2.75) is 25.4 Å². The largest absolute Gasteiger partial charge is 0.493 e. The molecule has 7 heteroatoms. The number of aliphatic carboxylic acids is 1. The van der Waals surface area contributed by atoms with E-state index in [4.69, 9.17) is 14.6 Å². The predicted molar refractivity (Wildman–Crippen MR) is 97.3 cm³/mol. The number of carbonyl (C=O) groups is 1. The summed E-state index contributed by atoms with van der Waals surface area (Å²) in [7, 11) is 0. The Hall–Kier alpha value is -2.54. The predicted octanol–water partition coefficient (Wildman–Crippen LogP) is 4.80. The highest BCUT2D eigenvalue weighted by Gasteiger charge is 2.30. The first-order valence-corrected chi connectivity index (χ1v) is 9.05. The zero-order chi connectivity index (χ0) is 20.1. The van der Waals surface area contributed by atoms with Gasteiger partial charge >= 0.3 is 12.1 Å². The van der Waals surface area contributed by atoms with E-state index in [2.05, 4.69) is 0 Å². The van der Waals surface area contributed by atoms with Crippen LogP contribution < -0.4 is 4.74 Å². The molecule has 4 nitrogen and oxygen atoms in total. The molecule has 2 aromatic rings. The number of ether oxygens (including phenoxy) is 2. The summed E-state index contributed by atoms with van der Waals surface area (Å²) in [6.07, 6.45) is -2.79. The van der Waals surface area contributed by atoms with Gasteiger partial charge in [-0.3, -0.25) is 4.79 Å². The Balaban J connectivity index is 1.83. The standard InChI is InChI=1S/C21H21F3O4/c22-21(23,24)18-3-1-16(2-4-18)17-9-15(11-20(25)26)10-19(12-17)28-13-14-5-7-27-8-6-14/h1-4,9-10,12,14H,5-8,11,13H2,(H,25,26). The fourth-order valence-electron chi connectivity index (χ4n) is 3.17. The van der Waals surface area contributed by atoms with Crippen molar-refractivity contribution in [3.63, 3.8) is 0 Å². The summed E-state index contributed by atoms with van der Waals surface area (Å²) in [4.78, 5) is 11.1.